The van der Waals surface area contributed by atoms with E-state index < -0.39 is 10.0 Å². The molecule has 0 amide bonds. The molecule has 1 aliphatic rings. The van der Waals surface area contributed by atoms with Gasteiger partial charge in [0, 0.05) is 24.1 Å². The lowest BCUT2D eigenvalue weighted by atomic mass is 10.3. The van der Waals surface area contributed by atoms with E-state index in [0.29, 0.717) is 15.2 Å². The maximum atomic E-state index is 12.0. The fourth-order valence-electron chi connectivity index (χ4n) is 1.87. The van der Waals surface area contributed by atoms with Gasteiger partial charge in [-0.2, -0.15) is 0 Å². The number of ether oxygens (including phenoxy) is 1. The molecule has 1 aliphatic heterocycles. The van der Waals surface area contributed by atoms with E-state index in [0.717, 1.165) is 39.3 Å². The highest BCUT2D eigenvalue weighted by atomic mass is 79.9. The molecule has 1 saturated heterocycles. The zero-order valence-corrected chi connectivity index (χ0v) is 13.7. The van der Waals surface area contributed by atoms with Crippen LogP contribution < -0.4 is 4.72 Å². The van der Waals surface area contributed by atoms with E-state index in [-0.39, 0.29) is 0 Å². The maximum Gasteiger partial charge on any atom is 0.251 e. The highest BCUT2D eigenvalue weighted by molar-refractivity contribution is 9.10. The molecule has 5 nitrogen and oxygen atoms in total. The number of nitrogens with one attached hydrogen (secondary N) is 1. The van der Waals surface area contributed by atoms with Gasteiger partial charge in [-0.05, 0) is 40.3 Å². The van der Waals surface area contributed by atoms with Crippen molar-refractivity contribution >= 4 is 37.3 Å². The van der Waals surface area contributed by atoms with Crippen LogP contribution in [0.3, 0.4) is 0 Å². The molecule has 0 aromatic carbocycles. The van der Waals surface area contributed by atoms with Crippen LogP contribution in [-0.2, 0) is 14.8 Å². The van der Waals surface area contributed by atoms with Crippen molar-refractivity contribution in [2.75, 3.05) is 39.4 Å². The first-order valence-electron chi connectivity index (χ1n) is 6.12. The number of morpholine rings is 1. The SMILES string of the molecule is O=S(=O)(NCCCN1CCOCC1)c1sccc1Br. The molecule has 19 heavy (non-hydrogen) atoms. The quantitative estimate of drug-likeness (QED) is 0.773. The van der Waals surface area contributed by atoms with Crippen molar-refractivity contribution in [3.63, 3.8) is 0 Å². The van der Waals surface area contributed by atoms with Gasteiger partial charge in [0.15, 0.2) is 0 Å². The molecule has 1 N–H and O–H groups in total. The molecule has 1 fully saturated rings. The van der Waals surface area contributed by atoms with Gasteiger partial charge in [0.05, 0.1) is 13.2 Å². The number of rotatable bonds is 6. The van der Waals surface area contributed by atoms with E-state index in [1.807, 2.05) is 0 Å². The standard InChI is InChI=1S/C11H17BrN2O3S2/c12-10-2-9-18-11(10)19(15,16)13-3-1-4-14-5-7-17-8-6-14/h2,9,13H,1,3-8H2. The molecular formula is C11H17BrN2O3S2. The van der Waals surface area contributed by atoms with Gasteiger partial charge in [0.2, 0.25) is 0 Å². The second-order valence-corrected chi connectivity index (χ2v) is 7.99. The Morgan fingerprint density at radius 1 is 1.42 bits per heavy atom. The van der Waals surface area contributed by atoms with Crippen molar-refractivity contribution in [1.29, 1.82) is 0 Å². The molecule has 8 heteroatoms. The zero-order chi connectivity index (χ0) is 13.7. The number of hydrogen-bond donors (Lipinski definition) is 1. The fraction of sp³-hybridized carbons (Fsp3) is 0.636. The van der Waals surface area contributed by atoms with E-state index in [1.165, 1.54) is 11.3 Å². The zero-order valence-electron chi connectivity index (χ0n) is 10.5. The summed E-state index contributed by atoms with van der Waals surface area (Å²) >= 11 is 4.46. The van der Waals surface area contributed by atoms with Gasteiger partial charge in [-0.1, -0.05) is 0 Å². The van der Waals surface area contributed by atoms with Gasteiger partial charge in [-0.15, -0.1) is 11.3 Å². The molecule has 0 aliphatic carbocycles. The maximum absolute atomic E-state index is 12.0. The molecule has 1 aromatic heterocycles. The number of thiophene rings is 1. The van der Waals surface area contributed by atoms with Crippen LogP contribution >= 0.6 is 27.3 Å². The number of halogens is 1. The average molecular weight is 369 g/mol. The Morgan fingerprint density at radius 2 is 2.16 bits per heavy atom. The largest absolute Gasteiger partial charge is 0.379 e. The third-order valence-corrected chi connectivity index (χ3v) is 7.01. The first-order valence-corrected chi connectivity index (χ1v) is 9.28. The molecule has 0 atom stereocenters. The predicted octanol–water partition coefficient (Wildman–Crippen LogP) is 1.51. The number of nitrogens with zero attached hydrogens (tertiary/aromatic N) is 1. The Kier molecular flexibility index (Phi) is 5.79. The first-order chi connectivity index (χ1) is 9.09. The van der Waals surface area contributed by atoms with Crippen molar-refractivity contribution in [2.24, 2.45) is 0 Å². The predicted molar refractivity (Wildman–Crippen MR) is 79.1 cm³/mol. The Morgan fingerprint density at radius 3 is 2.79 bits per heavy atom. The van der Waals surface area contributed by atoms with Crippen molar-refractivity contribution in [3.05, 3.63) is 15.9 Å². The van der Waals surface area contributed by atoms with Gasteiger partial charge in [0.1, 0.15) is 4.21 Å². The summed E-state index contributed by atoms with van der Waals surface area (Å²) in [5.74, 6) is 0. The molecule has 0 bridgehead atoms. The molecule has 108 valence electrons. The average Bonchev–Trinajstić information content (AvgIpc) is 2.83. The molecular weight excluding hydrogens is 352 g/mol. The summed E-state index contributed by atoms with van der Waals surface area (Å²) in [5, 5.41) is 1.76. The highest BCUT2D eigenvalue weighted by Crippen LogP contribution is 2.27. The second-order valence-electron chi connectivity index (χ2n) is 4.26. The number of sulfonamides is 1. The Bertz CT molecular complexity index is 498. The summed E-state index contributed by atoms with van der Waals surface area (Å²) in [6, 6.07) is 1.74. The summed E-state index contributed by atoms with van der Waals surface area (Å²) in [6.45, 7) is 4.77. The van der Waals surface area contributed by atoms with Crippen molar-refractivity contribution in [2.45, 2.75) is 10.6 Å². The highest BCUT2D eigenvalue weighted by Gasteiger charge is 2.18. The molecule has 0 unspecified atom stereocenters. The normalized spacial score (nSPS) is 17.7. The van der Waals surface area contributed by atoms with Crippen LogP contribution in [-0.4, -0.2) is 52.7 Å². The minimum Gasteiger partial charge on any atom is -0.379 e. The van der Waals surface area contributed by atoms with E-state index in [4.69, 9.17) is 4.74 Å². The molecule has 1 aromatic rings. The van der Waals surface area contributed by atoms with Crippen LogP contribution in [0, 0.1) is 0 Å². The topological polar surface area (TPSA) is 58.6 Å². The summed E-state index contributed by atoms with van der Waals surface area (Å²) in [5.41, 5.74) is 0. The smallest absolute Gasteiger partial charge is 0.251 e. The Balaban J connectivity index is 1.74. The molecule has 0 saturated carbocycles. The number of hydrogen-bond acceptors (Lipinski definition) is 5. The molecule has 2 rings (SSSR count). The van der Waals surface area contributed by atoms with E-state index in [2.05, 4.69) is 25.6 Å². The molecule has 0 radical (unpaired) electrons. The lowest BCUT2D eigenvalue weighted by Crippen LogP contribution is -2.38. The summed E-state index contributed by atoms with van der Waals surface area (Å²) < 4.78 is 32.9. The third kappa shape index (κ3) is 4.51. The minimum absolute atomic E-state index is 0.346. The summed E-state index contributed by atoms with van der Waals surface area (Å²) in [6.07, 6.45) is 0.808. The van der Waals surface area contributed by atoms with Crippen molar-refractivity contribution in [3.8, 4) is 0 Å². The summed E-state index contributed by atoms with van der Waals surface area (Å²) in [4.78, 5) is 2.29. The summed E-state index contributed by atoms with van der Waals surface area (Å²) in [7, 11) is -3.37. The lowest BCUT2D eigenvalue weighted by Gasteiger charge is -2.26. The third-order valence-electron chi connectivity index (χ3n) is 2.88. The first kappa shape index (κ1) is 15.4. The van der Waals surface area contributed by atoms with Gasteiger partial charge in [0.25, 0.3) is 10.0 Å². The van der Waals surface area contributed by atoms with Crippen LogP contribution in [0.4, 0.5) is 0 Å². The van der Waals surface area contributed by atoms with Crippen LogP contribution in [0.1, 0.15) is 6.42 Å². The lowest BCUT2D eigenvalue weighted by molar-refractivity contribution is 0.0376. The fourth-order valence-corrected chi connectivity index (χ4v) is 5.33. The van der Waals surface area contributed by atoms with Crippen LogP contribution in [0.5, 0.6) is 0 Å². The second kappa shape index (κ2) is 7.14. The van der Waals surface area contributed by atoms with Gasteiger partial charge >= 0.3 is 0 Å². The van der Waals surface area contributed by atoms with E-state index in [9.17, 15) is 8.42 Å². The molecule has 2 heterocycles. The monoisotopic (exact) mass is 368 g/mol. The Labute approximate surface area is 126 Å². The van der Waals surface area contributed by atoms with Gasteiger partial charge in [-0.3, -0.25) is 4.90 Å². The Hall–Kier alpha value is 0.01000. The van der Waals surface area contributed by atoms with Crippen molar-refractivity contribution < 1.29 is 13.2 Å². The van der Waals surface area contributed by atoms with E-state index in [1.54, 1.807) is 11.4 Å². The van der Waals surface area contributed by atoms with Crippen LogP contribution in [0.15, 0.2) is 20.1 Å². The van der Waals surface area contributed by atoms with E-state index >= 15 is 0 Å². The van der Waals surface area contributed by atoms with Gasteiger partial charge < -0.3 is 4.74 Å². The molecule has 0 spiro atoms. The minimum atomic E-state index is -3.37. The van der Waals surface area contributed by atoms with Crippen molar-refractivity contribution in [1.82, 2.24) is 9.62 Å². The van der Waals surface area contributed by atoms with Crippen LogP contribution in [0.2, 0.25) is 0 Å². The van der Waals surface area contributed by atoms with Crippen LogP contribution in [0.25, 0.3) is 0 Å². The van der Waals surface area contributed by atoms with Gasteiger partial charge in [-0.25, -0.2) is 13.1 Å².